The number of hydrogen-bond donors (Lipinski definition) is 0. The normalized spacial score (nSPS) is 12.8. The van der Waals surface area contributed by atoms with Crippen molar-refractivity contribution in [2.75, 3.05) is 13.1 Å². The predicted octanol–water partition coefficient (Wildman–Crippen LogP) is 6.34. The molecule has 0 spiro atoms. The van der Waals surface area contributed by atoms with Gasteiger partial charge < -0.3 is 0 Å². The van der Waals surface area contributed by atoms with Crippen molar-refractivity contribution < 1.29 is 0 Å². The van der Waals surface area contributed by atoms with Crippen LogP contribution in [0.25, 0.3) is 6.08 Å². The molecular weight excluding hydrogens is 290 g/mol. The summed E-state index contributed by atoms with van der Waals surface area (Å²) in [4.78, 5) is 2.64. The highest BCUT2D eigenvalue weighted by Gasteiger charge is 2.16. The van der Waals surface area contributed by atoms with E-state index in [-0.39, 0.29) is 0 Å². The molecule has 0 bridgehead atoms. The van der Waals surface area contributed by atoms with Crippen molar-refractivity contribution in [1.29, 1.82) is 0 Å². The molecule has 0 aliphatic carbocycles. The molecule has 0 aliphatic heterocycles. The Balaban J connectivity index is 2.24. The number of benzene rings is 2. The van der Waals surface area contributed by atoms with Crippen molar-refractivity contribution in [1.82, 2.24) is 4.90 Å². The van der Waals surface area contributed by atoms with Crippen LogP contribution in [0.3, 0.4) is 0 Å². The zero-order valence-electron chi connectivity index (χ0n) is 15.2. The summed E-state index contributed by atoms with van der Waals surface area (Å²) in [7, 11) is 0. The molecular formula is C23H31N. The molecule has 0 N–H and O–H groups in total. The highest BCUT2D eigenvalue weighted by Crippen LogP contribution is 2.24. The number of unbranched alkanes of at least 4 members (excludes halogenated alkanes) is 2. The lowest BCUT2D eigenvalue weighted by molar-refractivity contribution is 0.224. The molecule has 1 unspecified atom stereocenters. The van der Waals surface area contributed by atoms with E-state index < -0.39 is 0 Å². The SMILES string of the molecule is CCCCN(CCCC)C(/C=C/c1ccccc1)c1ccccc1. The first-order chi connectivity index (χ1) is 11.8. The van der Waals surface area contributed by atoms with Crippen LogP contribution >= 0.6 is 0 Å². The Morgan fingerprint density at radius 2 is 1.33 bits per heavy atom. The lowest BCUT2D eigenvalue weighted by Gasteiger charge is -2.30. The predicted molar refractivity (Wildman–Crippen MR) is 106 cm³/mol. The maximum absolute atomic E-state index is 2.64. The summed E-state index contributed by atoms with van der Waals surface area (Å²) >= 11 is 0. The highest BCUT2D eigenvalue weighted by molar-refractivity contribution is 5.50. The average molecular weight is 322 g/mol. The second-order valence-corrected chi connectivity index (χ2v) is 6.37. The van der Waals surface area contributed by atoms with E-state index in [1.807, 2.05) is 0 Å². The molecule has 0 radical (unpaired) electrons. The van der Waals surface area contributed by atoms with Crippen LogP contribution in [0, 0.1) is 0 Å². The van der Waals surface area contributed by atoms with Crippen LogP contribution in [-0.4, -0.2) is 18.0 Å². The summed E-state index contributed by atoms with van der Waals surface area (Å²) in [6.45, 7) is 6.87. The van der Waals surface area contributed by atoms with E-state index >= 15 is 0 Å². The zero-order chi connectivity index (χ0) is 17.0. The molecule has 128 valence electrons. The fourth-order valence-electron chi connectivity index (χ4n) is 2.97. The lowest BCUT2D eigenvalue weighted by atomic mass is 10.0. The molecule has 24 heavy (non-hydrogen) atoms. The number of nitrogens with zero attached hydrogens (tertiary/aromatic N) is 1. The summed E-state index contributed by atoms with van der Waals surface area (Å²) in [5.41, 5.74) is 2.65. The number of hydrogen-bond acceptors (Lipinski definition) is 1. The maximum Gasteiger partial charge on any atom is 0.0534 e. The smallest absolute Gasteiger partial charge is 0.0534 e. The van der Waals surface area contributed by atoms with Crippen LogP contribution < -0.4 is 0 Å². The van der Waals surface area contributed by atoms with Gasteiger partial charge in [-0.05, 0) is 37.1 Å². The third-order valence-corrected chi connectivity index (χ3v) is 4.40. The molecule has 0 amide bonds. The molecule has 0 aliphatic rings. The van der Waals surface area contributed by atoms with Crippen LogP contribution in [0.5, 0.6) is 0 Å². The van der Waals surface area contributed by atoms with E-state index in [4.69, 9.17) is 0 Å². The molecule has 0 saturated heterocycles. The van der Waals surface area contributed by atoms with Gasteiger partial charge in [-0.2, -0.15) is 0 Å². The molecule has 1 atom stereocenters. The van der Waals surface area contributed by atoms with E-state index in [1.54, 1.807) is 0 Å². The Bertz CT molecular complexity index is 565. The van der Waals surface area contributed by atoms with Gasteiger partial charge in [0.25, 0.3) is 0 Å². The Morgan fingerprint density at radius 1 is 0.792 bits per heavy atom. The first-order valence-electron chi connectivity index (χ1n) is 9.37. The fourth-order valence-corrected chi connectivity index (χ4v) is 2.97. The molecule has 0 saturated carbocycles. The largest absolute Gasteiger partial charge is 0.293 e. The van der Waals surface area contributed by atoms with Gasteiger partial charge in [-0.15, -0.1) is 0 Å². The summed E-state index contributed by atoms with van der Waals surface area (Å²) in [5.74, 6) is 0. The summed E-state index contributed by atoms with van der Waals surface area (Å²) in [5, 5.41) is 0. The fraction of sp³-hybridized carbons (Fsp3) is 0.391. The Morgan fingerprint density at radius 3 is 1.88 bits per heavy atom. The van der Waals surface area contributed by atoms with Gasteiger partial charge in [0.2, 0.25) is 0 Å². The highest BCUT2D eigenvalue weighted by atomic mass is 15.1. The minimum Gasteiger partial charge on any atom is -0.293 e. The van der Waals surface area contributed by atoms with Crippen LogP contribution in [0.2, 0.25) is 0 Å². The van der Waals surface area contributed by atoms with E-state index in [0.717, 1.165) is 13.1 Å². The van der Waals surface area contributed by atoms with Gasteiger partial charge in [-0.3, -0.25) is 4.90 Å². The van der Waals surface area contributed by atoms with Crippen molar-refractivity contribution in [3.05, 3.63) is 77.9 Å². The van der Waals surface area contributed by atoms with Crippen molar-refractivity contribution in [3.63, 3.8) is 0 Å². The van der Waals surface area contributed by atoms with Crippen LogP contribution in [0.15, 0.2) is 66.7 Å². The number of rotatable bonds is 10. The van der Waals surface area contributed by atoms with Crippen LogP contribution in [0.4, 0.5) is 0 Å². The molecule has 2 aromatic rings. The topological polar surface area (TPSA) is 3.24 Å². The molecule has 2 rings (SSSR count). The standard InChI is InChI=1S/C23H31N/c1-3-5-19-24(20-6-4-2)23(22-15-11-8-12-16-22)18-17-21-13-9-7-10-14-21/h7-18,23H,3-6,19-20H2,1-2H3/b18-17+. The van der Waals surface area contributed by atoms with E-state index in [9.17, 15) is 0 Å². The maximum atomic E-state index is 2.64. The van der Waals surface area contributed by atoms with Gasteiger partial charge in [0, 0.05) is 0 Å². The van der Waals surface area contributed by atoms with Crippen molar-refractivity contribution >= 4 is 6.08 Å². The molecule has 0 fully saturated rings. The van der Waals surface area contributed by atoms with Gasteiger partial charge in [0.1, 0.15) is 0 Å². The Hall–Kier alpha value is -1.86. The minimum atomic E-state index is 0.351. The first kappa shape index (κ1) is 18.5. The third-order valence-electron chi connectivity index (χ3n) is 4.40. The molecule has 1 nitrogen and oxygen atoms in total. The van der Waals surface area contributed by atoms with E-state index in [1.165, 1.54) is 36.8 Å². The van der Waals surface area contributed by atoms with Gasteiger partial charge >= 0.3 is 0 Å². The summed E-state index contributed by atoms with van der Waals surface area (Å²) in [6, 6.07) is 21.9. The first-order valence-corrected chi connectivity index (χ1v) is 9.37. The minimum absolute atomic E-state index is 0.351. The molecule has 1 heteroatoms. The lowest BCUT2D eigenvalue weighted by Crippen LogP contribution is -2.30. The Labute approximate surface area is 148 Å². The second kappa shape index (κ2) is 10.8. The van der Waals surface area contributed by atoms with Gasteiger partial charge in [-0.25, -0.2) is 0 Å². The second-order valence-electron chi connectivity index (χ2n) is 6.37. The third kappa shape index (κ3) is 5.98. The van der Waals surface area contributed by atoms with E-state index in [0.29, 0.717) is 6.04 Å². The zero-order valence-corrected chi connectivity index (χ0v) is 15.2. The summed E-state index contributed by atoms with van der Waals surface area (Å²) < 4.78 is 0. The quantitative estimate of drug-likeness (QED) is 0.493. The average Bonchev–Trinajstić information content (AvgIpc) is 2.65. The molecule has 0 aromatic heterocycles. The summed E-state index contributed by atoms with van der Waals surface area (Å²) in [6.07, 6.45) is 9.63. The van der Waals surface area contributed by atoms with Crippen molar-refractivity contribution in [3.8, 4) is 0 Å². The van der Waals surface area contributed by atoms with Gasteiger partial charge in [-0.1, -0.05) is 99.5 Å². The van der Waals surface area contributed by atoms with Crippen molar-refractivity contribution in [2.24, 2.45) is 0 Å². The van der Waals surface area contributed by atoms with Crippen LogP contribution in [-0.2, 0) is 0 Å². The monoisotopic (exact) mass is 321 g/mol. The van der Waals surface area contributed by atoms with Gasteiger partial charge in [0.05, 0.1) is 6.04 Å². The molecule has 0 heterocycles. The van der Waals surface area contributed by atoms with Crippen LogP contribution in [0.1, 0.15) is 56.7 Å². The van der Waals surface area contributed by atoms with Crippen molar-refractivity contribution in [2.45, 2.75) is 45.6 Å². The Kier molecular flexibility index (Phi) is 8.34. The van der Waals surface area contributed by atoms with Gasteiger partial charge in [0.15, 0.2) is 0 Å². The molecule has 2 aromatic carbocycles. The van der Waals surface area contributed by atoms with E-state index in [2.05, 4.69) is 91.6 Å².